The van der Waals surface area contributed by atoms with Crippen LogP contribution in [0.5, 0.6) is 0 Å². The maximum absolute atomic E-state index is 10.0. The minimum absolute atomic E-state index is 0.392. The van der Waals surface area contributed by atoms with Gasteiger partial charge < -0.3 is 10.0 Å². The summed E-state index contributed by atoms with van der Waals surface area (Å²) < 4.78 is 0. The molecule has 0 spiro atoms. The van der Waals surface area contributed by atoms with Crippen LogP contribution in [-0.4, -0.2) is 19.2 Å². The van der Waals surface area contributed by atoms with E-state index in [-0.39, 0.29) is 0 Å². The smallest absolute Gasteiger partial charge is 0.0793 e. The highest BCUT2D eigenvalue weighted by molar-refractivity contribution is 5.47. The molecule has 1 aromatic rings. The van der Waals surface area contributed by atoms with Gasteiger partial charge in [-0.25, -0.2) is 0 Å². The molecule has 0 saturated heterocycles. The molecule has 0 amide bonds. The zero-order valence-corrected chi connectivity index (χ0v) is 10.4. The summed E-state index contributed by atoms with van der Waals surface area (Å²) in [6.07, 6.45) is 1.22. The number of allylic oxidation sites excluding steroid dienone is 1. The molecule has 2 heteroatoms. The van der Waals surface area contributed by atoms with Crippen molar-refractivity contribution in [3.8, 4) is 0 Å². The summed E-state index contributed by atoms with van der Waals surface area (Å²) in [5.74, 6) is 0. The molecule has 0 saturated carbocycles. The lowest BCUT2D eigenvalue weighted by Crippen LogP contribution is -2.09. The lowest BCUT2D eigenvalue weighted by Gasteiger charge is -2.16. The number of rotatable bonds is 5. The molecule has 1 atom stereocenters. The first-order chi connectivity index (χ1) is 7.50. The SMILES string of the molecule is C=C(C)CCC(O)c1cccc(N(C)C)c1. The fraction of sp³-hybridized carbons (Fsp3) is 0.429. The molecule has 0 aliphatic carbocycles. The molecule has 0 radical (unpaired) electrons. The molecule has 0 fully saturated rings. The molecule has 0 heterocycles. The number of nitrogens with zero attached hydrogens (tertiary/aromatic N) is 1. The van der Waals surface area contributed by atoms with E-state index in [1.165, 1.54) is 0 Å². The van der Waals surface area contributed by atoms with Crippen molar-refractivity contribution in [1.29, 1.82) is 0 Å². The molecule has 0 bridgehead atoms. The number of anilines is 1. The minimum atomic E-state index is -0.392. The zero-order valence-electron chi connectivity index (χ0n) is 10.4. The molecular formula is C14H21NO. The molecule has 1 rings (SSSR count). The molecular weight excluding hydrogens is 198 g/mol. The molecule has 88 valence electrons. The van der Waals surface area contributed by atoms with Gasteiger partial charge in [-0.05, 0) is 37.5 Å². The Morgan fingerprint density at radius 3 is 2.69 bits per heavy atom. The third kappa shape index (κ3) is 3.70. The first-order valence-electron chi connectivity index (χ1n) is 5.60. The second kappa shape index (κ2) is 5.71. The van der Waals surface area contributed by atoms with Gasteiger partial charge in [0.25, 0.3) is 0 Å². The maximum Gasteiger partial charge on any atom is 0.0793 e. The maximum atomic E-state index is 10.0. The van der Waals surface area contributed by atoms with Gasteiger partial charge in [-0.3, -0.25) is 0 Å². The van der Waals surface area contributed by atoms with E-state index in [1.807, 2.05) is 50.2 Å². The Labute approximate surface area is 98.2 Å². The van der Waals surface area contributed by atoms with E-state index in [0.717, 1.165) is 29.7 Å². The summed E-state index contributed by atoms with van der Waals surface area (Å²) in [7, 11) is 4.00. The van der Waals surface area contributed by atoms with E-state index in [2.05, 4.69) is 6.58 Å². The summed E-state index contributed by atoms with van der Waals surface area (Å²) in [5, 5.41) is 10.0. The lowest BCUT2D eigenvalue weighted by atomic mass is 10.0. The Balaban J connectivity index is 2.71. The molecule has 16 heavy (non-hydrogen) atoms. The van der Waals surface area contributed by atoms with Crippen LogP contribution in [0.2, 0.25) is 0 Å². The number of hydrogen-bond acceptors (Lipinski definition) is 2. The van der Waals surface area contributed by atoms with Gasteiger partial charge in [-0.2, -0.15) is 0 Å². The van der Waals surface area contributed by atoms with Gasteiger partial charge in [0.05, 0.1) is 6.10 Å². The summed E-state index contributed by atoms with van der Waals surface area (Å²) in [6.45, 7) is 5.84. The van der Waals surface area contributed by atoms with E-state index in [1.54, 1.807) is 0 Å². The highest BCUT2D eigenvalue weighted by Gasteiger charge is 2.08. The first-order valence-corrected chi connectivity index (χ1v) is 5.60. The fourth-order valence-corrected chi connectivity index (χ4v) is 1.56. The number of benzene rings is 1. The predicted molar refractivity (Wildman–Crippen MR) is 69.8 cm³/mol. The topological polar surface area (TPSA) is 23.5 Å². The molecule has 0 aliphatic rings. The van der Waals surface area contributed by atoms with Gasteiger partial charge in [0.2, 0.25) is 0 Å². The van der Waals surface area contributed by atoms with E-state index < -0.39 is 6.10 Å². The zero-order chi connectivity index (χ0) is 12.1. The van der Waals surface area contributed by atoms with Crippen LogP contribution >= 0.6 is 0 Å². The van der Waals surface area contributed by atoms with Crippen LogP contribution in [-0.2, 0) is 0 Å². The molecule has 0 aliphatic heterocycles. The summed E-state index contributed by atoms with van der Waals surface area (Å²) in [4.78, 5) is 2.04. The van der Waals surface area contributed by atoms with E-state index in [0.29, 0.717) is 0 Å². The number of aliphatic hydroxyl groups excluding tert-OH is 1. The summed E-state index contributed by atoms with van der Waals surface area (Å²) >= 11 is 0. The lowest BCUT2D eigenvalue weighted by molar-refractivity contribution is 0.168. The predicted octanol–water partition coefficient (Wildman–Crippen LogP) is 3.14. The standard InChI is InChI=1S/C14H21NO/c1-11(2)8-9-14(16)12-6-5-7-13(10-12)15(3)4/h5-7,10,14,16H,1,8-9H2,2-4H3. The average molecular weight is 219 g/mol. The quantitative estimate of drug-likeness (QED) is 0.769. The number of hydrogen-bond donors (Lipinski definition) is 1. The Hall–Kier alpha value is -1.28. The van der Waals surface area contributed by atoms with Crippen LogP contribution < -0.4 is 4.90 Å². The van der Waals surface area contributed by atoms with Crippen LogP contribution in [0.3, 0.4) is 0 Å². The van der Waals surface area contributed by atoms with E-state index in [9.17, 15) is 5.11 Å². The molecule has 0 aromatic heterocycles. The highest BCUT2D eigenvalue weighted by Crippen LogP contribution is 2.23. The second-order valence-electron chi connectivity index (χ2n) is 4.50. The van der Waals surface area contributed by atoms with Gasteiger partial charge in [-0.15, -0.1) is 6.58 Å². The van der Waals surface area contributed by atoms with E-state index >= 15 is 0 Å². The normalized spacial score (nSPS) is 12.2. The Kier molecular flexibility index (Phi) is 4.56. The van der Waals surface area contributed by atoms with Gasteiger partial charge in [0, 0.05) is 19.8 Å². The minimum Gasteiger partial charge on any atom is -0.388 e. The van der Waals surface area contributed by atoms with Crippen molar-refractivity contribution in [2.75, 3.05) is 19.0 Å². The van der Waals surface area contributed by atoms with Gasteiger partial charge >= 0.3 is 0 Å². The van der Waals surface area contributed by atoms with Crippen molar-refractivity contribution in [3.05, 3.63) is 42.0 Å². The van der Waals surface area contributed by atoms with Crippen molar-refractivity contribution >= 4 is 5.69 Å². The van der Waals surface area contributed by atoms with Crippen LogP contribution in [0, 0.1) is 0 Å². The largest absolute Gasteiger partial charge is 0.388 e. The monoisotopic (exact) mass is 219 g/mol. The molecule has 2 nitrogen and oxygen atoms in total. The third-order valence-corrected chi connectivity index (χ3v) is 2.62. The van der Waals surface area contributed by atoms with Crippen LogP contribution in [0.15, 0.2) is 36.4 Å². The van der Waals surface area contributed by atoms with Gasteiger partial charge in [0.15, 0.2) is 0 Å². The Morgan fingerprint density at radius 1 is 1.44 bits per heavy atom. The molecule has 1 aromatic carbocycles. The first kappa shape index (κ1) is 12.8. The average Bonchev–Trinajstić information content (AvgIpc) is 2.26. The van der Waals surface area contributed by atoms with Crippen LogP contribution in [0.1, 0.15) is 31.4 Å². The van der Waals surface area contributed by atoms with Crippen molar-refractivity contribution in [3.63, 3.8) is 0 Å². The van der Waals surface area contributed by atoms with Crippen molar-refractivity contribution in [1.82, 2.24) is 0 Å². The van der Waals surface area contributed by atoms with Crippen molar-refractivity contribution in [2.24, 2.45) is 0 Å². The Bertz CT molecular complexity index is 358. The van der Waals surface area contributed by atoms with Crippen LogP contribution in [0.4, 0.5) is 5.69 Å². The Morgan fingerprint density at radius 2 is 2.12 bits per heavy atom. The summed E-state index contributed by atoms with van der Waals surface area (Å²) in [5.41, 5.74) is 3.21. The molecule has 1 N–H and O–H groups in total. The van der Waals surface area contributed by atoms with E-state index in [4.69, 9.17) is 0 Å². The number of aliphatic hydroxyl groups is 1. The highest BCUT2D eigenvalue weighted by atomic mass is 16.3. The molecule has 1 unspecified atom stereocenters. The fourth-order valence-electron chi connectivity index (χ4n) is 1.56. The van der Waals surface area contributed by atoms with Crippen LogP contribution in [0.25, 0.3) is 0 Å². The summed E-state index contributed by atoms with van der Waals surface area (Å²) in [6, 6.07) is 8.02. The van der Waals surface area contributed by atoms with Crippen molar-refractivity contribution in [2.45, 2.75) is 25.9 Å². The van der Waals surface area contributed by atoms with Gasteiger partial charge in [-0.1, -0.05) is 17.7 Å². The second-order valence-corrected chi connectivity index (χ2v) is 4.50. The third-order valence-electron chi connectivity index (χ3n) is 2.62. The van der Waals surface area contributed by atoms with Gasteiger partial charge in [0.1, 0.15) is 0 Å². The van der Waals surface area contributed by atoms with Crippen molar-refractivity contribution < 1.29 is 5.11 Å².